The molecule has 1 rings (SSSR count). The Bertz CT molecular complexity index is 312. The summed E-state index contributed by atoms with van der Waals surface area (Å²) in [5.74, 6) is 0.0791. The Morgan fingerprint density at radius 2 is 1.95 bits per heavy atom. The lowest BCUT2D eigenvalue weighted by Crippen LogP contribution is -2.46. The summed E-state index contributed by atoms with van der Waals surface area (Å²) >= 11 is 0. The van der Waals surface area contributed by atoms with Crippen LogP contribution in [0.1, 0.15) is 46.5 Å². The van der Waals surface area contributed by atoms with Crippen LogP contribution < -0.4 is 16.0 Å². The second-order valence-electron chi connectivity index (χ2n) is 5.69. The Balaban J connectivity index is 2.25. The van der Waals surface area contributed by atoms with Gasteiger partial charge in [-0.1, -0.05) is 13.8 Å². The van der Waals surface area contributed by atoms with Gasteiger partial charge in [-0.3, -0.25) is 9.59 Å². The first kappa shape index (κ1) is 16.0. The summed E-state index contributed by atoms with van der Waals surface area (Å²) in [7, 11) is 0. The second kappa shape index (κ2) is 7.48. The fourth-order valence-corrected chi connectivity index (χ4v) is 2.16. The van der Waals surface area contributed by atoms with Gasteiger partial charge in [0.2, 0.25) is 11.8 Å². The van der Waals surface area contributed by atoms with Crippen molar-refractivity contribution in [3.05, 3.63) is 0 Å². The van der Waals surface area contributed by atoms with Crippen LogP contribution in [0.3, 0.4) is 0 Å². The molecule has 0 bridgehead atoms. The lowest BCUT2D eigenvalue weighted by Gasteiger charge is -2.32. The van der Waals surface area contributed by atoms with E-state index in [1.807, 2.05) is 20.8 Å². The van der Waals surface area contributed by atoms with Crippen molar-refractivity contribution in [1.29, 1.82) is 0 Å². The highest BCUT2D eigenvalue weighted by atomic mass is 16.2. The van der Waals surface area contributed by atoms with Crippen molar-refractivity contribution in [1.82, 2.24) is 16.0 Å². The van der Waals surface area contributed by atoms with Crippen molar-refractivity contribution < 1.29 is 9.59 Å². The highest BCUT2D eigenvalue weighted by Crippen LogP contribution is 2.27. The van der Waals surface area contributed by atoms with E-state index in [-0.39, 0.29) is 23.3 Å². The molecule has 3 N–H and O–H groups in total. The molecule has 0 aliphatic carbocycles. The SMILES string of the molecule is CCC(C)NC(=O)CCNC(=O)C1(C)CCNCC1. The normalized spacial score (nSPS) is 19.5. The van der Waals surface area contributed by atoms with E-state index in [2.05, 4.69) is 16.0 Å². The molecule has 0 aromatic heterocycles. The van der Waals surface area contributed by atoms with Crippen LogP contribution in [-0.4, -0.2) is 37.5 Å². The Kier molecular flexibility index (Phi) is 6.28. The maximum absolute atomic E-state index is 12.1. The molecule has 2 amide bonds. The minimum atomic E-state index is -0.279. The zero-order valence-electron chi connectivity index (χ0n) is 12.3. The molecule has 0 spiro atoms. The van der Waals surface area contributed by atoms with E-state index in [0.717, 1.165) is 32.4 Å². The molecule has 1 unspecified atom stereocenters. The average Bonchev–Trinajstić information content (AvgIpc) is 2.39. The summed E-state index contributed by atoms with van der Waals surface area (Å²) in [5.41, 5.74) is -0.279. The first-order valence-corrected chi connectivity index (χ1v) is 7.26. The first-order chi connectivity index (χ1) is 8.98. The highest BCUT2D eigenvalue weighted by Gasteiger charge is 2.34. The lowest BCUT2D eigenvalue weighted by molar-refractivity contribution is -0.131. The van der Waals surface area contributed by atoms with Crippen LogP contribution >= 0.6 is 0 Å². The summed E-state index contributed by atoms with van der Waals surface area (Å²) < 4.78 is 0. The maximum atomic E-state index is 12.1. The third-order valence-electron chi connectivity index (χ3n) is 3.91. The number of amides is 2. The molecule has 1 atom stereocenters. The van der Waals surface area contributed by atoms with Crippen LogP contribution in [-0.2, 0) is 9.59 Å². The molecule has 0 saturated carbocycles. The van der Waals surface area contributed by atoms with Crippen LogP contribution in [0.4, 0.5) is 0 Å². The van der Waals surface area contributed by atoms with E-state index in [9.17, 15) is 9.59 Å². The molecule has 1 heterocycles. The van der Waals surface area contributed by atoms with E-state index in [0.29, 0.717) is 13.0 Å². The zero-order chi connectivity index (χ0) is 14.3. The maximum Gasteiger partial charge on any atom is 0.226 e. The molecular weight excluding hydrogens is 242 g/mol. The van der Waals surface area contributed by atoms with Gasteiger partial charge in [-0.25, -0.2) is 0 Å². The second-order valence-corrected chi connectivity index (χ2v) is 5.69. The van der Waals surface area contributed by atoms with Crippen molar-refractivity contribution in [2.45, 2.75) is 52.5 Å². The average molecular weight is 269 g/mol. The number of rotatable bonds is 6. The van der Waals surface area contributed by atoms with E-state index >= 15 is 0 Å². The van der Waals surface area contributed by atoms with Gasteiger partial charge in [0.25, 0.3) is 0 Å². The summed E-state index contributed by atoms with van der Waals surface area (Å²) in [4.78, 5) is 23.7. The molecule has 5 heteroatoms. The van der Waals surface area contributed by atoms with Gasteiger partial charge >= 0.3 is 0 Å². The van der Waals surface area contributed by atoms with Crippen LogP contribution in [0.15, 0.2) is 0 Å². The van der Waals surface area contributed by atoms with Crippen LogP contribution in [0.2, 0.25) is 0 Å². The quantitative estimate of drug-likeness (QED) is 0.668. The highest BCUT2D eigenvalue weighted by molar-refractivity contribution is 5.83. The zero-order valence-corrected chi connectivity index (χ0v) is 12.3. The van der Waals surface area contributed by atoms with Crippen molar-refractivity contribution in [3.63, 3.8) is 0 Å². The molecule has 19 heavy (non-hydrogen) atoms. The Morgan fingerprint density at radius 1 is 1.32 bits per heavy atom. The van der Waals surface area contributed by atoms with Crippen molar-refractivity contribution in [2.75, 3.05) is 19.6 Å². The van der Waals surface area contributed by atoms with E-state index < -0.39 is 0 Å². The Hall–Kier alpha value is -1.10. The molecule has 1 fully saturated rings. The summed E-state index contributed by atoms with van der Waals surface area (Å²) in [6, 6.07) is 0.199. The molecule has 5 nitrogen and oxygen atoms in total. The Labute approximate surface area is 115 Å². The predicted molar refractivity (Wildman–Crippen MR) is 75.7 cm³/mol. The van der Waals surface area contributed by atoms with E-state index in [1.165, 1.54) is 0 Å². The van der Waals surface area contributed by atoms with Gasteiger partial charge in [0.15, 0.2) is 0 Å². The number of hydrogen-bond acceptors (Lipinski definition) is 3. The van der Waals surface area contributed by atoms with Crippen LogP contribution in [0, 0.1) is 5.41 Å². The Morgan fingerprint density at radius 3 is 2.53 bits per heavy atom. The molecule has 0 aromatic rings. The van der Waals surface area contributed by atoms with E-state index in [1.54, 1.807) is 0 Å². The van der Waals surface area contributed by atoms with Gasteiger partial charge in [0.05, 0.1) is 0 Å². The number of carbonyl (C=O) groups excluding carboxylic acids is 2. The molecule has 0 radical (unpaired) electrons. The minimum Gasteiger partial charge on any atom is -0.355 e. The van der Waals surface area contributed by atoms with E-state index in [4.69, 9.17) is 0 Å². The van der Waals surface area contributed by atoms with Gasteiger partial charge < -0.3 is 16.0 Å². The topological polar surface area (TPSA) is 70.2 Å². The molecule has 0 aromatic carbocycles. The van der Waals surface area contributed by atoms with Crippen LogP contribution in [0.25, 0.3) is 0 Å². The summed E-state index contributed by atoms with van der Waals surface area (Å²) in [6.07, 6.45) is 2.99. The van der Waals surface area contributed by atoms with Crippen molar-refractivity contribution >= 4 is 11.8 Å². The van der Waals surface area contributed by atoms with Gasteiger partial charge in [0.1, 0.15) is 0 Å². The van der Waals surface area contributed by atoms with Crippen LogP contribution in [0.5, 0.6) is 0 Å². The number of nitrogens with one attached hydrogen (secondary N) is 3. The first-order valence-electron chi connectivity index (χ1n) is 7.26. The summed E-state index contributed by atoms with van der Waals surface area (Å²) in [6.45, 7) is 8.21. The third-order valence-corrected chi connectivity index (χ3v) is 3.91. The number of carbonyl (C=O) groups is 2. The fraction of sp³-hybridized carbons (Fsp3) is 0.857. The molecule has 1 aliphatic rings. The minimum absolute atomic E-state index is 0.00474. The molecular formula is C14H27N3O2. The molecule has 1 saturated heterocycles. The monoisotopic (exact) mass is 269 g/mol. The van der Waals surface area contributed by atoms with Gasteiger partial charge in [0, 0.05) is 24.4 Å². The third kappa shape index (κ3) is 5.19. The van der Waals surface area contributed by atoms with Crippen molar-refractivity contribution in [2.24, 2.45) is 5.41 Å². The fourth-order valence-electron chi connectivity index (χ4n) is 2.16. The van der Waals surface area contributed by atoms with Gasteiger partial charge in [-0.2, -0.15) is 0 Å². The largest absolute Gasteiger partial charge is 0.355 e. The smallest absolute Gasteiger partial charge is 0.226 e. The molecule has 110 valence electrons. The number of hydrogen-bond donors (Lipinski definition) is 3. The van der Waals surface area contributed by atoms with Gasteiger partial charge in [-0.05, 0) is 39.3 Å². The van der Waals surface area contributed by atoms with Crippen molar-refractivity contribution in [3.8, 4) is 0 Å². The number of piperidine rings is 1. The summed E-state index contributed by atoms with van der Waals surface area (Å²) in [5, 5.41) is 9.03. The molecule has 1 aliphatic heterocycles. The van der Waals surface area contributed by atoms with Gasteiger partial charge in [-0.15, -0.1) is 0 Å². The standard InChI is InChI=1S/C14H27N3O2/c1-4-11(2)17-12(18)5-8-16-13(19)14(3)6-9-15-10-7-14/h11,15H,4-10H2,1-3H3,(H,16,19)(H,17,18). The lowest BCUT2D eigenvalue weighted by atomic mass is 9.80. The predicted octanol–water partition coefficient (Wildman–Crippen LogP) is 0.797.